The third-order valence-corrected chi connectivity index (χ3v) is 3.50. The van der Waals surface area contributed by atoms with E-state index in [1.165, 1.54) is 23.5 Å². The third kappa shape index (κ3) is 3.84. The van der Waals surface area contributed by atoms with Crippen LogP contribution in [0.4, 0.5) is 9.52 Å². The summed E-state index contributed by atoms with van der Waals surface area (Å²) in [7, 11) is 0. The summed E-state index contributed by atoms with van der Waals surface area (Å²) in [6.07, 6.45) is 0.722. The van der Waals surface area contributed by atoms with Gasteiger partial charge in [-0.2, -0.15) is 0 Å². The summed E-state index contributed by atoms with van der Waals surface area (Å²) in [5, 5.41) is 19.9. The Morgan fingerprint density at radius 3 is 2.90 bits per heavy atom. The quantitative estimate of drug-likeness (QED) is 0.849. The van der Waals surface area contributed by atoms with E-state index in [1.54, 1.807) is 0 Å². The SMILES string of the molecule is CCc1nnc(NC(=O)c2ccc(C#CCO)cc2F)s1. The van der Waals surface area contributed by atoms with Crippen molar-refractivity contribution in [2.75, 3.05) is 11.9 Å². The second-order valence-electron chi connectivity index (χ2n) is 3.96. The molecule has 1 amide bonds. The van der Waals surface area contributed by atoms with Crippen LogP contribution in [0.15, 0.2) is 18.2 Å². The minimum atomic E-state index is -0.683. The second kappa shape index (κ2) is 6.92. The third-order valence-electron chi connectivity index (χ3n) is 2.52. The van der Waals surface area contributed by atoms with Crippen molar-refractivity contribution in [2.24, 2.45) is 0 Å². The van der Waals surface area contributed by atoms with Gasteiger partial charge in [-0.25, -0.2) is 4.39 Å². The molecule has 5 nitrogen and oxygen atoms in total. The van der Waals surface area contributed by atoms with E-state index in [1.807, 2.05) is 6.92 Å². The van der Waals surface area contributed by atoms with E-state index in [2.05, 4.69) is 27.4 Å². The lowest BCUT2D eigenvalue weighted by Crippen LogP contribution is -2.13. The van der Waals surface area contributed by atoms with Crippen LogP contribution in [0.3, 0.4) is 0 Å². The van der Waals surface area contributed by atoms with Crippen molar-refractivity contribution in [3.63, 3.8) is 0 Å². The molecule has 0 saturated heterocycles. The number of amides is 1. The van der Waals surface area contributed by atoms with Crippen molar-refractivity contribution in [2.45, 2.75) is 13.3 Å². The summed E-state index contributed by atoms with van der Waals surface area (Å²) < 4.78 is 13.9. The van der Waals surface area contributed by atoms with Gasteiger partial charge in [-0.05, 0) is 24.6 Å². The summed E-state index contributed by atoms with van der Waals surface area (Å²) >= 11 is 1.25. The summed E-state index contributed by atoms with van der Waals surface area (Å²) in [5.41, 5.74) is 0.292. The average Bonchev–Trinajstić information content (AvgIpc) is 2.92. The maximum Gasteiger partial charge on any atom is 0.260 e. The van der Waals surface area contributed by atoms with Gasteiger partial charge >= 0.3 is 0 Å². The predicted molar refractivity (Wildman–Crippen MR) is 77.6 cm³/mol. The zero-order chi connectivity index (χ0) is 15.2. The molecule has 0 atom stereocenters. The van der Waals surface area contributed by atoms with Gasteiger partial charge in [-0.3, -0.25) is 10.1 Å². The van der Waals surface area contributed by atoms with Crippen LogP contribution in [0.2, 0.25) is 0 Å². The molecule has 0 saturated carbocycles. The monoisotopic (exact) mass is 305 g/mol. The van der Waals surface area contributed by atoms with Crippen molar-refractivity contribution in [3.05, 3.63) is 40.2 Å². The molecule has 0 spiro atoms. The Balaban J connectivity index is 2.15. The van der Waals surface area contributed by atoms with Gasteiger partial charge < -0.3 is 5.11 Å². The highest BCUT2D eigenvalue weighted by Crippen LogP contribution is 2.17. The normalized spacial score (nSPS) is 9.86. The Bertz CT molecular complexity index is 718. The molecule has 0 aliphatic carbocycles. The molecule has 1 aromatic heterocycles. The Morgan fingerprint density at radius 2 is 2.29 bits per heavy atom. The maximum atomic E-state index is 13.9. The molecule has 108 valence electrons. The number of aromatic nitrogens is 2. The summed E-state index contributed by atoms with van der Waals surface area (Å²) in [5.74, 6) is 3.71. The molecular weight excluding hydrogens is 293 g/mol. The molecule has 2 aromatic rings. The van der Waals surface area contributed by atoms with Gasteiger partial charge in [0.1, 0.15) is 17.4 Å². The standard InChI is InChI=1S/C14H12FN3O2S/c1-2-12-17-18-14(21-12)16-13(20)10-6-5-9(4-3-7-19)8-11(10)15/h5-6,8,19H,2,7H2,1H3,(H,16,18,20). The molecule has 0 unspecified atom stereocenters. The number of rotatable bonds is 3. The number of nitrogens with one attached hydrogen (secondary N) is 1. The predicted octanol–water partition coefficient (Wildman–Crippen LogP) is 1.84. The van der Waals surface area contributed by atoms with Gasteiger partial charge in [0.25, 0.3) is 5.91 Å². The van der Waals surface area contributed by atoms with Crippen LogP contribution in [0.1, 0.15) is 27.9 Å². The molecule has 0 bridgehead atoms. The molecule has 0 fully saturated rings. The molecule has 2 rings (SSSR count). The smallest absolute Gasteiger partial charge is 0.260 e. The summed E-state index contributed by atoms with van der Waals surface area (Å²) in [6.45, 7) is 1.62. The Labute approximate surface area is 124 Å². The number of nitrogens with zero attached hydrogens (tertiary/aromatic N) is 2. The van der Waals surface area contributed by atoms with E-state index in [4.69, 9.17) is 5.11 Å². The zero-order valence-corrected chi connectivity index (χ0v) is 12.0. The van der Waals surface area contributed by atoms with Crippen LogP contribution in [0, 0.1) is 17.7 Å². The van der Waals surface area contributed by atoms with Crippen LogP contribution in [0.25, 0.3) is 0 Å². The molecule has 1 aromatic carbocycles. The minimum Gasteiger partial charge on any atom is -0.384 e. The fraction of sp³-hybridized carbons (Fsp3) is 0.214. The molecule has 0 aliphatic rings. The van der Waals surface area contributed by atoms with Crippen molar-refractivity contribution >= 4 is 22.4 Å². The molecule has 0 radical (unpaired) electrons. The van der Waals surface area contributed by atoms with E-state index in [9.17, 15) is 9.18 Å². The number of halogens is 1. The Hall–Kier alpha value is -2.30. The Morgan fingerprint density at radius 1 is 1.48 bits per heavy atom. The number of carbonyl (C=O) groups excluding carboxylic acids is 1. The molecule has 7 heteroatoms. The van der Waals surface area contributed by atoms with Gasteiger partial charge in [-0.1, -0.05) is 30.1 Å². The minimum absolute atomic E-state index is 0.0993. The molecule has 0 aliphatic heterocycles. The first-order valence-electron chi connectivity index (χ1n) is 6.17. The van der Waals surface area contributed by atoms with Gasteiger partial charge in [0.2, 0.25) is 5.13 Å². The van der Waals surface area contributed by atoms with Crippen molar-refractivity contribution in [3.8, 4) is 11.8 Å². The van der Waals surface area contributed by atoms with Crippen LogP contribution < -0.4 is 5.32 Å². The van der Waals surface area contributed by atoms with Gasteiger partial charge in [0.15, 0.2) is 0 Å². The van der Waals surface area contributed by atoms with E-state index in [0.717, 1.165) is 17.5 Å². The highest BCUT2D eigenvalue weighted by atomic mass is 32.1. The number of benzene rings is 1. The van der Waals surface area contributed by atoms with Crippen molar-refractivity contribution in [1.29, 1.82) is 0 Å². The zero-order valence-electron chi connectivity index (χ0n) is 11.2. The van der Waals surface area contributed by atoms with Gasteiger partial charge in [-0.15, -0.1) is 10.2 Å². The fourth-order valence-electron chi connectivity index (χ4n) is 1.53. The second-order valence-corrected chi connectivity index (χ2v) is 5.03. The number of hydrogen-bond donors (Lipinski definition) is 2. The highest BCUT2D eigenvalue weighted by Gasteiger charge is 2.14. The lowest BCUT2D eigenvalue weighted by atomic mass is 10.1. The van der Waals surface area contributed by atoms with Gasteiger partial charge in [0, 0.05) is 5.56 Å². The fourth-order valence-corrected chi connectivity index (χ4v) is 2.20. The first-order valence-corrected chi connectivity index (χ1v) is 6.98. The van der Waals surface area contributed by atoms with Crippen LogP contribution in [0.5, 0.6) is 0 Å². The van der Waals surface area contributed by atoms with Crippen LogP contribution >= 0.6 is 11.3 Å². The topological polar surface area (TPSA) is 75.1 Å². The van der Waals surface area contributed by atoms with E-state index in [0.29, 0.717) is 10.7 Å². The molecular formula is C14H12FN3O2S. The van der Waals surface area contributed by atoms with Crippen LogP contribution in [-0.4, -0.2) is 27.8 Å². The summed E-state index contributed by atoms with van der Waals surface area (Å²) in [6, 6.07) is 4.00. The van der Waals surface area contributed by atoms with Crippen molar-refractivity contribution in [1.82, 2.24) is 10.2 Å². The lowest BCUT2D eigenvalue weighted by molar-refractivity contribution is 0.102. The van der Waals surface area contributed by atoms with Gasteiger partial charge in [0.05, 0.1) is 5.56 Å². The molecule has 2 N–H and O–H groups in total. The number of aryl methyl sites for hydroxylation is 1. The average molecular weight is 305 g/mol. The number of hydrogen-bond acceptors (Lipinski definition) is 5. The number of aliphatic hydroxyl groups is 1. The number of anilines is 1. The van der Waals surface area contributed by atoms with Crippen LogP contribution in [-0.2, 0) is 6.42 Å². The maximum absolute atomic E-state index is 13.9. The first kappa shape index (κ1) is 15.1. The molecule has 21 heavy (non-hydrogen) atoms. The molecule has 1 heterocycles. The first-order chi connectivity index (χ1) is 10.1. The highest BCUT2D eigenvalue weighted by molar-refractivity contribution is 7.15. The number of carbonyl (C=O) groups is 1. The Kier molecular flexibility index (Phi) is 4.98. The van der Waals surface area contributed by atoms with E-state index >= 15 is 0 Å². The largest absolute Gasteiger partial charge is 0.384 e. The van der Waals surface area contributed by atoms with E-state index in [-0.39, 0.29) is 12.2 Å². The summed E-state index contributed by atoms with van der Waals surface area (Å²) in [4.78, 5) is 12.0. The number of aliphatic hydroxyl groups excluding tert-OH is 1. The lowest BCUT2D eigenvalue weighted by Gasteiger charge is -2.03. The van der Waals surface area contributed by atoms with Crippen molar-refractivity contribution < 1.29 is 14.3 Å². The van der Waals surface area contributed by atoms with E-state index < -0.39 is 11.7 Å².